The van der Waals surface area contributed by atoms with E-state index in [0.29, 0.717) is 11.2 Å². The average Bonchev–Trinajstić information content (AvgIpc) is 3.12. The summed E-state index contributed by atoms with van der Waals surface area (Å²) in [5.41, 5.74) is 1.95. The van der Waals surface area contributed by atoms with Gasteiger partial charge in [0, 0.05) is 18.0 Å². The van der Waals surface area contributed by atoms with Crippen molar-refractivity contribution in [2.24, 2.45) is 5.10 Å². The predicted octanol–water partition coefficient (Wildman–Crippen LogP) is 4.79. The summed E-state index contributed by atoms with van der Waals surface area (Å²) in [5.74, 6) is 0.686. The van der Waals surface area contributed by atoms with Crippen LogP contribution in [0.2, 0.25) is 0 Å². The molecule has 0 amide bonds. The Morgan fingerprint density at radius 2 is 1.81 bits per heavy atom. The number of alkyl halides is 3. The lowest BCUT2D eigenvalue weighted by atomic mass is 10.1. The van der Waals surface area contributed by atoms with E-state index in [2.05, 4.69) is 5.10 Å². The number of para-hydroxylation sites is 2. The van der Waals surface area contributed by atoms with Crippen LogP contribution in [-0.2, 0) is 6.18 Å². The number of aromatic nitrogens is 1. The SMILES string of the molecule is CN1N=CN2C1=Cn1c(cc3cccc(C(F)(F)F)c31)-c1ccccc12. The van der Waals surface area contributed by atoms with Gasteiger partial charge in [0.1, 0.15) is 6.34 Å². The van der Waals surface area contributed by atoms with E-state index in [1.807, 2.05) is 29.2 Å². The van der Waals surface area contributed by atoms with Gasteiger partial charge in [0.05, 0.1) is 28.7 Å². The smallest absolute Gasteiger partial charge is 0.312 e. The second-order valence-electron chi connectivity index (χ2n) is 6.27. The van der Waals surface area contributed by atoms with Gasteiger partial charge in [-0.1, -0.05) is 30.3 Å². The number of benzene rings is 2. The first-order valence-corrected chi connectivity index (χ1v) is 8.04. The lowest BCUT2D eigenvalue weighted by molar-refractivity contribution is -0.136. The molecule has 0 saturated heterocycles. The van der Waals surface area contributed by atoms with Crippen LogP contribution in [0.5, 0.6) is 0 Å². The molecule has 0 saturated carbocycles. The molecule has 2 aromatic carbocycles. The number of halogens is 3. The van der Waals surface area contributed by atoms with Crippen LogP contribution in [0.25, 0.3) is 28.4 Å². The van der Waals surface area contributed by atoms with Crippen molar-refractivity contribution in [3.05, 3.63) is 59.9 Å². The van der Waals surface area contributed by atoms with Crippen LogP contribution in [0, 0.1) is 0 Å². The molecule has 1 aromatic heterocycles. The van der Waals surface area contributed by atoms with Crippen LogP contribution in [0.1, 0.15) is 5.56 Å². The molecule has 130 valence electrons. The quantitative estimate of drug-likeness (QED) is 0.579. The van der Waals surface area contributed by atoms with E-state index in [1.165, 1.54) is 6.07 Å². The third-order valence-corrected chi connectivity index (χ3v) is 4.77. The highest BCUT2D eigenvalue weighted by atomic mass is 19.4. The number of anilines is 1. The molecule has 0 unspecified atom stereocenters. The molecule has 0 bridgehead atoms. The third kappa shape index (κ3) is 1.94. The first-order valence-electron chi connectivity index (χ1n) is 8.04. The van der Waals surface area contributed by atoms with E-state index < -0.39 is 11.7 Å². The molecule has 3 aromatic rings. The molecular weight excluding hydrogens is 341 g/mol. The third-order valence-electron chi connectivity index (χ3n) is 4.77. The minimum absolute atomic E-state index is 0.152. The molecule has 0 N–H and O–H groups in total. The first kappa shape index (κ1) is 15.1. The molecule has 2 aliphatic rings. The maximum atomic E-state index is 13.6. The van der Waals surface area contributed by atoms with Crippen molar-refractivity contribution in [1.82, 2.24) is 9.58 Å². The minimum Gasteiger partial charge on any atom is -0.312 e. The number of hydrogen-bond acceptors (Lipinski definition) is 3. The van der Waals surface area contributed by atoms with Crippen LogP contribution >= 0.6 is 0 Å². The van der Waals surface area contributed by atoms with Gasteiger partial charge in [-0.3, -0.25) is 4.90 Å². The first-order chi connectivity index (χ1) is 12.4. The lowest BCUT2D eigenvalue weighted by Gasteiger charge is -2.19. The molecular formula is C19H13F3N4. The Bertz CT molecular complexity index is 1110. The topological polar surface area (TPSA) is 23.8 Å². The Labute approximate surface area is 147 Å². The molecule has 26 heavy (non-hydrogen) atoms. The average molecular weight is 354 g/mol. The largest absolute Gasteiger partial charge is 0.418 e. The molecule has 7 heteroatoms. The van der Waals surface area contributed by atoms with Gasteiger partial charge in [-0.05, 0) is 18.2 Å². The maximum Gasteiger partial charge on any atom is 0.418 e. The normalized spacial score (nSPS) is 15.6. The van der Waals surface area contributed by atoms with Gasteiger partial charge in [-0.15, -0.1) is 0 Å². The van der Waals surface area contributed by atoms with Gasteiger partial charge in [-0.25, -0.2) is 5.01 Å². The number of nitrogens with zero attached hydrogens (tertiary/aromatic N) is 4. The van der Waals surface area contributed by atoms with E-state index in [0.717, 1.165) is 23.0 Å². The fourth-order valence-electron chi connectivity index (χ4n) is 3.60. The highest BCUT2D eigenvalue weighted by Gasteiger charge is 2.35. The summed E-state index contributed by atoms with van der Waals surface area (Å²) in [7, 11) is 1.77. The zero-order valence-corrected chi connectivity index (χ0v) is 13.7. The van der Waals surface area contributed by atoms with Gasteiger partial charge in [0.2, 0.25) is 0 Å². The zero-order valence-electron chi connectivity index (χ0n) is 13.7. The summed E-state index contributed by atoms with van der Waals surface area (Å²) < 4.78 is 42.5. The number of hydrogen-bond donors (Lipinski definition) is 0. The minimum atomic E-state index is -4.43. The van der Waals surface area contributed by atoms with E-state index >= 15 is 0 Å². The fourth-order valence-corrected chi connectivity index (χ4v) is 3.60. The lowest BCUT2D eigenvalue weighted by Crippen LogP contribution is -2.21. The molecule has 0 radical (unpaired) electrons. The highest BCUT2D eigenvalue weighted by Crippen LogP contribution is 2.43. The monoisotopic (exact) mass is 354 g/mol. The second-order valence-corrected chi connectivity index (χ2v) is 6.27. The molecule has 3 heterocycles. The Hall–Kier alpha value is -3.22. The summed E-state index contributed by atoms with van der Waals surface area (Å²) in [6.07, 6.45) is -1.05. The van der Waals surface area contributed by atoms with Crippen LogP contribution < -0.4 is 4.90 Å². The van der Waals surface area contributed by atoms with Gasteiger partial charge in [0.15, 0.2) is 5.82 Å². The van der Waals surface area contributed by atoms with Gasteiger partial charge in [-0.2, -0.15) is 18.3 Å². The van der Waals surface area contributed by atoms with Gasteiger partial charge in [0.25, 0.3) is 0 Å². The summed E-state index contributed by atoms with van der Waals surface area (Å²) in [5, 5.41) is 6.46. The molecule has 4 nitrogen and oxygen atoms in total. The van der Waals surface area contributed by atoms with Gasteiger partial charge >= 0.3 is 6.18 Å². The number of rotatable bonds is 0. The van der Waals surface area contributed by atoms with Crippen LogP contribution in [0.4, 0.5) is 18.9 Å². The van der Waals surface area contributed by atoms with Gasteiger partial charge < -0.3 is 4.57 Å². The molecule has 5 rings (SSSR count). The Morgan fingerprint density at radius 1 is 1.00 bits per heavy atom. The molecule has 0 fully saturated rings. The predicted molar refractivity (Wildman–Crippen MR) is 95.4 cm³/mol. The molecule has 0 aliphatic carbocycles. The van der Waals surface area contributed by atoms with Crippen LogP contribution in [0.3, 0.4) is 0 Å². The number of fused-ring (bicyclic) bond motifs is 7. The summed E-state index contributed by atoms with van der Waals surface area (Å²) in [4.78, 5) is 1.88. The number of hydrazone groups is 1. The molecule has 2 aliphatic heterocycles. The Morgan fingerprint density at radius 3 is 2.62 bits per heavy atom. The molecule has 0 spiro atoms. The van der Waals surface area contributed by atoms with Crippen LogP contribution in [-0.4, -0.2) is 23.0 Å². The van der Waals surface area contributed by atoms with Crippen molar-refractivity contribution in [2.45, 2.75) is 6.18 Å². The van der Waals surface area contributed by atoms with Crippen molar-refractivity contribution in [1.29, 1.82) is 0 Å². The van der Waals surface area contributed by atoms with E-state index in [1.54, 1.807) is 41.3 Å². The maximum absolute atomic E-state index is 13.6. The second kappa shape index (κ2) is 4.91. The van der Waals surface area contributed by atoms with Crippen molar-refractivity contribution < 1.29 is 13.2 Å². The van der Waals surface area contributed by atoms with Crippen molar-refractivity contribution in [3.8, 4) is 11.3 Å². The molecule has 0 atom stereocenters. The zero-order chi connectivity index (χ0) is 18.1. The summed E-state index contributed by atoms with van der Waals surface area (Å²) in [6.45, 7) is 0. The summed E-state index contributed by atoms with van der Waals surface area (Å²) in [6, 6.07) is 13.7. The van der Waals surface area contributed by atoms with E-state index in [-0.39, 0.29) is 5.52 Å². The Kier molecular flexibility index (Phi) is 2.84. The van der Waals surface area contributed by atoms with E-state index in [9.17, 15) is 13.2 Å². The standard InChI is InChI=1S/C19H13F3N4/c1-24-17-10-25-16(13-6-2-3-8-15(13)26(17)11-23-24)9-12-5-4-7-14(18(12)25)19(20,21)22/h2-11H,1H3. The van der Waals surface area contributed by atoms with Crippen molar-refractivity contribution in [3.63, 3.8) is 0 Å². The fraction of sp³-hybridized carbons (Fsp3) is 0.105. The Balaban J connectivity index is 1.93. The van der Waals surface area contributed by atoms with Crippen molar-refractivity contribution >= 4 is 29.1 Å². The van der Waals surface area contributed by atoms with Crippen molar-refractivity contribution in [2.75, 3.05) is 11.9 Å². The highest BCUT2D eigenvalue weighted by molar-refractivity contribution is 6.00. The van der Waals surface area contributed by atoms with Crippen LogP contribution in [0.15, 0.2) is 59.5 Å². The van der Waals surface area contributed by atoms with E-state index in [4.69, 9.17) is 0 Å². The summed E-state index contributed by atoms with van der Waals surface area (Å²) >= 11 is 0.